The van der Waals surface area contributed by atoms with Gasteiger partial charge in [0.2, 0.25) is 0 Å². The summed E-state index contributed by atoms with van der Waals surface area (Å²) in [4.78, 5) is 16.9. The highest BCUT2D eigenvalue weighted by atomic mass is 35.5. The molecular weight excluding hydrogens is 362 g/mol. The van der Waals surface area contributed by atoms with Crippen LogP contribution in [0.25, 0.3) is 5.65 Å². The number of amides is 1. The molecule has 6 heteroatoms. The maximum atomic E-state index is 12.4. The third-order valence-corrected chi connectivity index (χ3v) is 4.25. The van der Waals surface area contributed by atoms with Crippen molar-refractivity contribution in [3.63, 3.8) is 0 Å². The first-order chi connectivity index (χ1) is 13.2. The molecule has 1 N–H and O–H groups in total. The van der Waals surface area contributed by atoms with Crippen molar-refractivity contribution in [3.8, 4) is 5.75 Å². The minimum absolute atomic E-state index is 0.212. The second kappa shape index (κ2) is 7.51. The van der Waals surface area contributed by atoms with Crippen molar-refractivity contribution < 1.29 is 9.53 Å². The van der Waals surface area contributed by atoms with E-state index in [1.165, 1.54) is 0 Å². The Morgan fingerprint density at radius 1 is 1.07 bits per heavy atom. The molecule has 0 atom stereocenters. The summed E-state index contributed by atoms with van der Waals surface area (Å²) in [5.74, 6) is 0.395. The van der Waals surface area contributed by atoms with Gasteiger partial charge in [-0.2, -0.15) is 0 Å². The quantitative estimate of drug-likeness (QED) is 0.542. The highest BCUT2D eigenvalue weighted by molar-refractivity contribution is 6.30. The van der Waals surface area contributed by atoms with Crippen molar-refractivity contribution in [1.29, 1.82) is 0 Å². The Hall–Kier alpha value is -3.31. The molecule has 0 radical (unpaired) electrons. The van der Waals surface area contributed by atoms with Gasteiger partial charge in [0.15, 0.2) is 0 Å². The number of pyridine rings is 1. The fraction of sp³-hybridized carbons (Fsp3) is 0.0476. The Morgan fingerprint density at radius 2 is 1.93 bits per heavy atom. The second-order valence-electron chi connectivity index (χ2n) is 5.98. The van der Waals surface area contributed by atoms with E-state index in [1.807, 2.05) is 41.1 Å². The van der Waals surface area contributed by atoms with Gasteiger partial charge in [-0.25, -0.2) is 4.98 Å². The van der Waals surface area contributed by atoms with Gasteiger partial charge in [-0.15, -0.1) is 0 Å². The second-order valence-corrected chi connectivity index (χ2v) is 6.41. The van der Waals surface area contributed by atoms with E-state index < -0.39 is 0 Å². The number of hydrogen-bond donors (Lipinski definition) is 1. The van der Waals surface area contributed by atoms with Gasteiger partial charge in [-0.1, -0.05) is 23.7 Å². The first kappa shape index (κ1) is 17.1. The number of anilines is 1. The molecule has 0 saturated carbocycles. The summed E-state index contributed by atoms with van der Waals surface area (Å²) in [5.41, 5.74) is 2.88. The van der Waals surface area contributed by atoms with Crippen molar-refractivity contribution in [2.45, 2.75) is 6.61 Å². The Morgan fingerprint density at radius 3 is 2.74 bits per heavy atom. The Kier molecular flexibility index (Phi) is 4.77. The molecule has 2 aromatic carbocycles. The molecule has 0 unspecified atom stereocenters. The fourth-order valence-electron chi connectivity index (χ4n) is 2.68. The minimum Gasteiger partial charge on any atom is -0.487 e. The number of aromatic nitrogens is 2. The smallest absolute Gasteiger partial charge is 0.255 e. The molecule has 5 nitrogen and oxygen atoms in total. The van der Waals surface area contributed by atoms with Crippen LogP contribution >= 0.6 is 11.6 Å². The molecule has 0 aliphatic heterocycles. The molecule has 4 aromatic rings. The molecule has 0 saturated heterocycles. The van der Waals surface area contributed by atoms with Crippen molar-refractivity contribution in [2.75, 3.05) is 5.32 Å². The molecule has 2 aromatic heterocycles. The number of benzene rings is 2. The van der Waals surface area contributed by atoms with Crippen molar-refractivity contribution in [2.24, 2.45) is 0 Å². The Balaban J connectivity index is 1.43. The number of halogens is 1. The summed E-state index contributed by atoms with van der Waals surface area (Å²) < 4.78 is 7.74. The molecular formula is C21H16ClN3O2. The number of ether oxygens (including phenoxy) is 1. The van der Waals surface area contributed by atoms with E-state index in [2.05, 4.69) is 10.3 Å². The average molecular weight is 378 g/mol. The topological polar surface area (TPSA) is 55.6 Å². The molecule has 0 bridgehead atoms. The number of hydrogen-bond acceptors (Lipinski definition) is 3. The molecule has 2 heterocycles. The van der Waals surface area contributed by atoms with Crippen LogP contribution in [0.5, 0.6) is 5.75 Å². The van der Waals surface area contributed by atoms with Crippen LogP contribution in [0, 0.1) is 0 Å². The average Bonchev–Trinajstić information content (AvgIpc) is 3.11. The third-order valence-electron chi connectivity index (χ3n) is 4.00. The summed E-state index contributed by atoms with van der Waals surface area (Å²) in [6.07, 6.45) is 3.86. The van der Waals surface area contributed by atoms with E-state index in [0.29, 0.717) is 28.6 Å². The van der Waals surface area contributed by atoms with Crippen molar-refractivity contribution in [1.82, 2.24) is 9.38 Å². The summed E-state index contributed by atoms with van der Waals surface area (Å²) in [7, 11) is 0. The van der Waals surface area contributed by atoms with Gasteiger partial charge >= 0.3 is 0 Å². The van der Waals surface area contributed by atoms with Crippen LogP contribution in [-0.2, 0) is 6.61 Å². The Bertz CT molecular complexity index is 1060. The number of rotatable bonds is 5. The normalized spacial score (nSPS) is 10.7. The predicted molar refractivity (Wildman–Crippen MR) is 105 cm³/mol. The van der Waals surface area contributed by atoms with Crippen molar-refractivity contribution in [3.05, 3.63) is 95.4 Å². The molecule has 27 heavy (non-hydrogen) atoms. The van der Waals surface area contributed by atoms with E-state index in [1.54, 1.807) is 42.5 Å². The number of nitrogens with one attached hydrogen (secondary N) is 1. The van der Waals surface area contributed by atoms with Crippen molar-refractivity contribution >= 4 is 28.8 Å². The van der Waals surface area contributed by atoms with E-state index in [4.69, 9.17) is 16.3 Å². The zero-order chi connectivity index (χ0) is 18.6. The maximum Gasteiger partial charge on any atom is 0.255 e. The van der Waals surface area contributed by atoms with Gasteiger partial charge in [0.05, 0.1) is 5.69 Å². The highest BCUT2D eigenvalue weighted by Gasteiger charge is 2.08. The van der Waals surface area contributed by atoms with Crippen LogP contribution in [0.15, 0.2) is 79.1 Å². The van der Waals surface area contributed by atoms with Crippen LogP contribution in [-0.4, -0.2) is 15.3 Å². The van der Waals surface area contributed by atoms with Gasteiger partial charge in [0, 0.05) is 28.7 Å². The largest absolute Gasteiger partial charge is 0.487 e. The molecule has 4 rings (SSSR count). The molecule has 0 aliphatic carbocycles. The van der Waals surface area contributed by atoms with E-state index in [9.17, 15) is 4.79 Å². The van der Waals surface area contributed by atoms with Gasteiger partial charge in [0.25, 0.3) is 5.91 Å². The number of carbonyl (C=O) groups is 1. The lowest BCUT2D eigenvalue weighted by Gasteiger charge is -2.08. The number of imidazole rings is 1. The van der Waals surface area contributed by atoms with E-state index in [0.717, 1.165) is 11.3 Å². The molecule has 134 valence electrons. The standard InChI is InChI=1S/C21H16ClN3O2/c22-16-7-9-17(10-8-16)24-21(26)15-4-3-5-19(12-15)27-14-18-13-25-11-2-1-6-20(25)23-18/h1-13H,14H2,(H,24,26). The summed E-state index contributed by atoms with van der Waals surface area (Å²) in [5, 5.41) is 3.46. The van der Waals surface area contributed by atoms with Crippen LogP contribution < -0.4 is 10.1 Å². The lowest BCUT2D eigenvalue weighted by Crippen LogP contribution is -2.11. The number of fused-ring (bicyclic) bond motifs is 1. The van der Waals surface area contributed by atoms with Gasteiger partial charge in [-0.3, -0.25) is 4.79 Å². The third kappa shape index (κ3) is 4.10. The fourth-order valence-corrected chi connectivity index (χ4v) is 2.80. The molecule has 0 aliphatic rings. The van der Waals surface area contributed by atoms with E-state index >= 15 is 0 Å². The Labute approximate surface area is 161 Å². The lowest BCUT2D eigenvalue weighted by atomic mass is 10.2. The maximum absolute atomic E-state index is 12.4. The SMILES string of the molecule is O=C(Nc1ccc(Cl)cc1)c1cccc(OCc2cn3ccccc3n2)c1. The van der Waals surface area contributed by atoms with Gasteiger partial charge in [0.1, 0.15) is 18.0 Å². The lowest BCUT2D eigenvalue weighted by molar-refractivity contribution is 0.102. The summed E-state index contributed by atoms with van der Waals surface area (Å²) in [6, 6.07) is 19.8. The highest BCUT2D eigenvalue weighted by Crippen LogP contribution is 2.18. The first-order valence-corrected chi connectivity index (χ1v) is 8.77. The zero-order valence-corrected chi connectivity index (χ0v) is 15.1. The first-order valence-electron chi connectivity index (χ1n) is 8.40. The van der Waals surface area contributed by atoms with Gasteiger partial charge < -0.3 is 14.5 Å². The van der Waals surface area contributed by atoms with Gasteiger partial charge in [-0.05, 0) is 54.6 Å². The number of carbonyl (C=O) groups excluding carboxylic acids is 1. The van der Waals surface area contributed by atoms with Crippen LogP contribution in [0.4, 0.5) is 5.69 Å². The predicted octanol–water partition coefficient (Wildman–Crippen LogP) is 4.82. The minimum atomic E-state index is -0.212. The molecule has 0 spiro atoms. The van der Waals surface area contributed by atoms with Crippen LogP contribution in [0.2, 0.25) is 5.02 Å². The zero-order valence-electron chi connectivity index (χ0n) is 14.3. The summed E-state index contributed by atoms with van der Waals surface area (Å²) in [6.45, 7) is 0.323. The monoisotopic (exact) mass is 377 g/mol. The molecule has 0 fully saturated rings. The van der Waals surface area contributed by atoms with E-state index in [-0.39, 0.29) is 5.91 Å². The molecule has 1 amide bonds. The summed E-state index contributed by atoms with van der Waals surface area (Å²) >= 11 is 5.86. The van der Waals surface area contributed by atoms with Crippen LogP contribution in [0.3, 0.4) is 0 Å². The van der Waals surface area contributed by atoms with Crippen LogP contribution in [0.1, 0.15) is 16.1 Å². The number of nitrogens with zero attached hydrogens (tertiary/aromatic N) is 2.